The number of ether oxygens (including phenoxy) is 2. The highest BCUT2D eigenvalue weighted by Crippen LogP contribution is 2.49. The highest BCUT2D eigenvalue weighted by molar-refractivity contribution is 6.42. The van der Waals surface area contributed by atoms with Crippen LogP contribution in [0.5, 0.6) is 5.75 Å². The molecule has 1 spiro atoms. The molecule has 1 fully saturated rings. The van der Waals surface area contributed by atoms with E-state index in [1.807, 2.05) is 18.2 Å². The minimum absolute atomic E-state index is 0.00164. The number of ketones is 1. The molecule has 2 aromatic rings. The van der Waals surface area contributed by atoms with E-state index in [-0.39, 0.29) is 24.1 Å². The maximum absolute atomic E-state index is 13.5. The van der Waals surface area contributed by atoms with Crippen molar-refractivity contribution in [1.82, 2.24) is 0 Å². The molecule has 1 aliphatic heterocycles. The minimum atomic E-state index is -0.722. The summed E-state index contributed by atoms with van der Waals surface area (Å²) in [7, 11) is 0. The third kappa shape index (κ3) is 4.60. The largest absolute Gasteiger partial charge is 0.486 e. The van der Waals surface area contributed by atoms with E-state index in [0.717, 1.165) is 11.1 Å². The van der Waals surface area contributed by atoms with Crippen molar-refractivity contribution < 1.29 is 19.1 Å². The van der Waals surface area contributed by atoms with E-state index in [4.69, 9.17) is 37.9 Å². The van der Waals surface area contributed by atoms with E-state index in [9.17, 15) is 9.59 Å². The van der Waals surface area contributed by atoms with Crippen LogP contribution in [0, 0.1) is 23.2 Å². The Bertz CT molecular complexity index is 1120. The minimum Gasteiger partial charge on any atom is -0.486 e. The molecule has 0 amide bonds. The molecule has 0 saturated heterocycles. The normalized spacial score (nSPS) is 24.0. The Morgan fingerprint density at radius 3 is 2.52 bits per heavy atom. The Labute approximate surface area is 203 Å². The third-order valence-corrected chi connectivity index (χ3v) is 7.50. The number of nitriles is 1. The van der Waals surface area contributed by atoms with Crippen molar-refractivity contribution in [3.63, 3.8) is 0 Å². The van der Waals surface area contributed by atoms with Crippen molar-refractivity contribution >= 4 is 35.0 Å². The van der Waals surface area contributed by atoms with E-state index >= 15 is 0 Å². The zero-order valence-corrected chi connectivity index (χ0v) is 19.9. The fraction of sp³-hybridized carbons (Fsp3) is 0.423. The predicted molar refractivity (Wildman–Crippen MR) is 127 cm³/mol. The molecule has 0 aromatic heterocycles. The van der Waals surface area contributed by atoms with Gasteiger partial charge in [-0.15, -0.1) is 0 Å². The van der Waals surface area contributed by atoms with E-state index in [1.54, 1.807) is 25.1 Å². The second-order valence-corrected chi connectivity index (χ2v) is 9.46. The molecule has 4 rings (SSSR count). The van der Waals surface area contributed by atoms with Crippen molar-refractivity contribution in [3.05, 3.63) is 52.0 Å². The Morgan fingerprint density at radius 2 is 1.85 bits per heavy atom. The maximum Gasteiger partial charge on any atom is 0.308 e. The van der Waals surface area contributed by atoms with Crippen molar-refractivity contribution in [2.75, 3.05) is 6.61 Å². The van der Waals surface area contributed by atoms with Crippen LogP contribution in [0.15, 0.2) is 36.4 Å². The number of nitrogens with zero attached hydrogens (tertiary/aromatic N) is 1. The Morgan fingerprint density at radius 1 is 1.15 bits per heavy atom. The number of carbonyl (C=O) groups excluding carboxylic acids is 2. The van der Waals surface area contributed by atoms with Gasteiger partial charge in [-0.05, 0) is 74.4 Å². The lowest BCUT2D eigenvalue weighted by Crippen LogP contribution is -2.53. The molecule has 1 atom stereocenters. The molecule has 1 aliphatic carbocycles. The number of carbonyl (C=O) groups is 2. The molecule has 0 radical (unpaired) electrons. The summed E-state index contributed by atoms with van der Waals surface area (Å²) < 4.78 is 11.8. The molecule has 5 nitrogen and oxygen atoms in total. The lowest BCUT2D eigenvalue weighted by Gasteiger charge is -2.47. The molecule has 172 valence electrons. The highest BCUT2D eigenvalue weighted by Gasteiger charge is 2.51. The number of fused-ring (bicyclic) bond motifs is 1. The number of hydrogen-bond donors (Lipinski definition) is 0. The monoisotopic (exact) mass is 485 g/mol. The van der Waals surface area contributed by atoms with Gasteiger partial charge in [0.05, 0.1) is 40.1 Å². The van der Waals surface area contributed by atoms with Crippen molar-refractivity contribution in [3.8, 4) is 22.9 Å². The molecule has 2 aromatic carbocycles. The first-order valence-corrected chi connectivity index (χ1v) is 12.0. The molecule has 33 heavy (non-hydrogen) atoms. The van der Waals surface area contributed by atoms with Gasteiger partial charge in [0.25, 0.3) is 0 Å². The molecule has 1 heterocycles. The summed E-state index contributed by atoms with van der Waals surface area (Å²) in [6.45, 7) is 2.15. The van der Waals surface area contributed by atoms with Crippen LogP contribution in [0.1, 0.15) is 55.8 Å². The van der Waals surface area contributed by atoms with Crippen LogP contribution in [0.25, 0.3) is 11.1 Å². The summed E-state index contributed by atoms with van der Waals surface area (Å²) in [6, 6.07) is 13.1. The molecule has 7 heteroatoms. The Kier molecular flexibility index (Phi) is 6.97. The first-order valence-electron chi connectivity index (χ1n) is 11.2. The van der Waals surface area contributed by atoms with Crippen LogP contribution in [0.3, 0.4) is 0 Å². The van der Waals surface area contributed by atoms with Gasteiger partial charge in [-0.25, -0.2) is 0 Å². The Hall–Kier alpha value is -2.55. The first-order chi connectivity index (χ1) is 15.9. The number of rotatable bonds is 5. The average Bonchev–Trinajstić information content (AvgIpc) is 2.81. The van der Waals surface area contributed by atoms with Crippen molar-refractivity contribution in [1.29, 1.82) is 5.26 Å². The predicted octanol–water partition coefficient (Wildman–Crippen LogP) is 6.65. The van der Waals surface area contributed by atoms with Gasteiger partial charge in [-0.2, -0.15) is 5.26 Å². The van der Waals surface area contributed by atoms with Crippen LogP contribution in [0.4, 0.5) is 0 Å². The summed E-state index contributed by atoms with van der Waals surface area (Å²) >= 11 is 12.2. The summed E-state index contributed by atoms with van der Waals surface area (Å²) in [5.41, 5.74) is 1.54. The molecule has 1 unspecified atom stereocenters. The van der Waals surface area contributed by atoms with E-state index in [2.05, 4.69) is 6.07 Å². The smallest absolute Gasteiger partial charge is 0.308 e. The average molecular weight is 486 g/mol. The van der Waals surface area contributed by atoms with Gasteiger partial charge in [0.15, 0.2) is 5.78 Å². The summed E-state index contributed by atoms with van der Waals surface area (Å²) in [5.74, 6) is -0.253. The lowest BCUT2D eigenvalue weighted by atomic mass is 9.67. The van der Waals surface area contributed by atoms with Gasteiger partial charge in [0.1, 0.15) is 11.4 Å². The fourth-order valence-electron chi connectivity index (χ4n) is 5.04. The van der Waals surface area contributed by atoms with Gasteiger partial charge in [0.2, 0.25) is 0 Å². The zero-order chi connectivity index (χ0) is 23.6. The lowest BCUT2D eigenvalue weighted by molar-refractivity contribution is -0.151. The number of halogens is 2. The molecule has 0 N–H and O–H groups in total. The first kappa shape index (κ1) is 23.6. The quantitative estimate of drug-likeness (QED) is 0.443. The van der Waals surface area contributed by atoms with Gasteiger partial charge < -0.3 is 9.47 Å². The summed E-state index contributed by atoms with van der Waals surface area (Å²) in [6.07, 6.45) is 3.03. The number of esters is 1. The molecule has 2 aliphatic rings. The SMILES string of the molecule is CCOC(=O)C1CCC2(CC1)Oc1cc(-c3ccc(Cl)c(Cl)c3)ccc1C(=O)C2CCC#N. The van der Waals surface area contributed by atoms with E-state index < -0.39 is 11.5 Å². The zero-order valence-electron chi connectivity index (χ0n) is 18.4. The molecular weight excluding hydrogens is 461 g/mol. The van der Waals surface area contributed by atoms with Crippen molar-refractivity contribution in [2.45, 2.75) is 51.0 Å². The van der Waals surface area contributed by atoms with Crippen LogP contribution in [-0.4, -0.2) is 24.0 Å². The number of benzene rings is 2. The van der Waals surface area contributed by atoms with Gasteiger partial charge >= 0.3 is 5.97 Å². The van der Waals surface area contributed by atoms with Crippen molar-refractivity contribution in [2.24, 2.45) is 11.8 Å². The number of hydrogen-bond acceptors (Lipinski definition) is 5. The van der Waals surface area contributed by atoms with Crippen LogP contribution >= 0.6 is 23.2 Å². The summed E-state index contributed by atoms with van der Waals surface area (Å²) in [4.78, 5) is 25.8. The van der Waals surface area contributed by atoms with Gasteiger partial charge in [0, 0.05) is 6.42 Å². The third-order valence-electron chi connectivity index (χ3n) is 6.76. The second-order valence-electron chi connectivity index (χ2n) is 8.65. The summed E-state index contributed by atoms with van der Waals surface area (Å²) in [5, 5.41) is 10.1. The fourth-order valence-corrected chi connectivity index (χ4v) is 5.34. The molecular formula is C26H25Cl2NO4. The standard InChI is InChI=1S/C26H25Cl2NO4/c1-2-32-25(31)16-9-11-26(12-10-16)20(4-3-13-29)24(30)19-7-5-18(15-23(19)33-26)17-6-8-21(27)22(28)14-17/h5-8,14-16,20H,2-4,9-12H2,1H3. The van der Waals surface area contributed by atoms with E-state index in [1.165, 1.54) is 0 Å². The highest BCUT2D eigenvalue weighted by atomic mass is 35.5. The maximum atomic E-state index is 13.5. The van der Waals surface area contributed by atoms with Crippen LogP contribution in [0.2, 0.25) is 10.0 Å². The van der Waals surface area contributed by atoms with Crippen LogP contribution in [-0.2, 0) is 9.53 Å². The molecule has 0 bridgehead atoms. The number of Topliss-reactive ketones (excluding diaryl/α,β-unsaturated/α-hetero) is 1. The topological polar surface area (TPSA) is 76.4 Å². The van der Waals surface area contributed by atoms with Gasteiger partial charge in [-0.1, -0.05) is 35.3 Å². The van der Waals surface area contributed by atoms with Crippen LogP contribution < -0.4 is 4.74 Å². The molecule has 1 saturated carbocycles. The van der Waals surface area contributed by atoms with Gasteiger partial charge in [-0.3, -0.25) is 9.59 Å². The van der Waals surface area contributed by atoms with E-state index in [0.29, 0.717) is 60.1 Å². The second kappa shape index (κ2) is 9.75. The Balaban J connectivity index is 1.67.